The van der Waals surface area contributed by atoms with Gasteiger partial charge in [-0.15, -0.1) is 0 Å². The number of hydrogen-bond donors (Lipinski definition) is 1. The van der Waals surface area contributed by atoms with Crippen LogP contribution >= 0.6 is 0 Å². The third kappa shape index (κ3) is 4.86. The zero-order chi connectivity index (χ0) is 23.6. The first-order valence-corrected chi connectivity index (χ1v) is 9.82. The number of aromatic nitrogens is 6. The highest BCUT2D eigenvalue weighted by Gasteiger charge is 2.33. The molecule has 4 aromatic rings. The second kappa shape index (κ2) is 8.77. The van der Waals surface area contributed by atoms with Crippen molar-refractivity contribution in [2.24, 2.45) is 0 Å². The number of carbonyl (C=O) groups is 1. The topological polar surface area (TPSA) is 98.5 Å². The number of nitrogens with zero attached hydrogens (tertiary/aromatic N) is 6. The molecule has 11 heteroatoms. The lowest BCUT2D eigenvalue weighted by atomic mass is 10.0. The summed E-state index contributed by atoms with van der Waals surface area (Å²) in [6.45, 7) is 3.25. The van der Waals surface area contributed by atoms with Crippen LogP contribution in [0.2, 0.25) is 0 Å². The molecule has 4 aromatic heterocycles. The largest absolute Gasteiger partial charge is 0.433 e. The quantitative estimate of drug-likeness (QED) is 0.489. The molecule has 0 spiro atoms. The second-order valence-corrected chi connectivity index (χ2v) is 7.20. The molecule has 0 fully saturated rings. The fourth-order valence-electron chi connectivity index (χ4n) is 3.40. The molecule has 8 nitrogen and oxygen atoms in total. The van der Waals surface area contributed by atoms with E-state index in [1.807, 2.05) is 0 Å². The number of carbonyl (C=O) groups excluding carboxylic acids is 1. The maximum atomic E-state index is 13.0. The number of rotatable bonds is 5. The fourth-order valence-corrected chi connectivity index (χ4v) is 3.40. The summed E-state index contributed by atoms with van der Waals surface area (Å²) in [6, 6.07) is 5.86. The summed E-state index contributed by atoms with van der Waals surface area (Å²) in [4.78, 5) is 28.3. The van der Waals surface area contributed by atoms with Crippen LogP contribution in [0, 0.1) is 13.8 Å². The van der Waals surface area contributed by atoms with Gasteiger partial charge in [0.15, 0.2) is 0 Å². The first-order chi connectivity index (χ1) is 15.7. The van der Waals surface area contributed by atoms with E-state index in [0.717, 1.165) is 17.8 Å². The average molecular weight is 453 g/mol. The van der Waals surface area contributed by atoms with Crippen molar-refractivity contribution in [2.75, 3.05) is 5.32 Å². The molecule has 0 unspecified atom stereocenters. The van der Waals surface area contributed by atoms with Crippen molar-refractivity contribution in [1.29, 1.82) is 0 Å². The van der Waals surface area contributed by atoms with Gasteiger partial charge in [0.25, 0.3) is 0 Å². The van der Waals surface area contributed by atoms with Crippen LogP contribution in [0.4, 0.5) is 19.0 Å². The Labute approximate surface area is 186 Å². The van der Waals surface area contributed by atoms with E-state index in [2.05, 4.69) is 30.4 Å². The molecule has 0 atom stereocenters. The standard InChI is InChI=1S/C22H18F3N7O/c1-13-21(15-5-6-28-18(9-15)22(23,24)25)14(2)32(31-13)12-20(33)30-19-4-3-16(10-29-19)17-11-26-7-8-27-17/h3-11H,12H2,1-2H3,(H,29,30,33). The Bertz CT molecular complexity index is 1290. The highest BCUT2D eigenvalue weighted by Crippen LogP contribution is 2.32. The number of amides is 1. The van der Waals surface area contributed by atoms with Gasteiger partial charge < -0.3 is 5.32 Å². The van der Waals surface area contributed by atoms with E-state index in [0.29, 0.717) is 34.0 Å². The van der Waals surface area contributed by atoms with Crippen LogP contribution in [0.25, 0.3) is 22.4 Å². The molecule has 4 heterocycles. The van der Waals surface area contributed by atoms with E-state index in [-0.39, 0.29) is 12.5 Å². The van der Waals surface area contributed by atoms with Gasteiger partial charge in [-0.2, -0.15) is 18.3 Å². The molecule has 0 aliphatic carbocycles. The van der Waals surface area contributed by atoms with E-state index >= 15 is 0 Å². The van der Waals surface area contributed by atoms with Crippen molar-refractivity contribution in [3.05, 3.63) is 72.3 Å². The summed E-state index contributed by atoms with van der Waals surface area (Å²) in [5, 5.41) is 7.02. The lowest BCUT2D eigenvalue weighted by Crippen LogP contribution is -2.20. The first kappa shape index (κ1) is 22.1. The van der Waals surface area contributed by atoms with Gasteiger partial charge >= 0.3 is 6.18 Å². The van der Waals surface area contributed by atoms with Gasteiger partial charge in [-0.05, 0) is 43.7 Å². The highest BCUT2D eigenvalue weighted by molar-refractivity contribution is 5.89. The van der Waals surface area contributed by atoms with E-state index < -0.39 is 11.9 Å². The zero-order valence-corrected chi connectivity index (χ0v) is 17.6. The molecule has 0 saturated heterocycles. The monoisotopic (exact) mass is 453 g/mol. The van der Waals surface area contributed by atoms with Crippen molar-refractivity contribution >= 4 is 11.7 Å². The number of anilines is 1. The molecule has 0 radical (unpaired) electrons. The Morgan fingerprint density at radius 3 is 2.48 bits per heavy atom. The summed E-state index contributed by atoms with van der Waals surface area (Å²) >= 11 is 0. The Hall–Kier alpha value is -4.15. The summed E-state index contributed by atoms with van der Waals surface area (Å²) in [5.41, 5.74) is 2.35. The Morgan fingerprint density at radius 1 is 1.00 bits per heavy atom. The lowest BCUT2D eigenvalue weighted by Gasteiger charge is -2.09. The van der Waals surface area contributed by atoms with Gasteiger partial charge in [0.1, 0.15) is 18.1 Å². The smallest absolute Gasteiger partial charge is 0.309 e. The average Bonchev–Trinajstić information content (AvgIpc) is 3.07. The maximum Gasteiger partial charge on any atom is 0.433 e. The second-order valence-electron chi connectivity index (χ2n) is 7.20. The van der Waals surface area contributed by atoms with Crippen molar-refractivity contribution in [2.45, 2.75) is 26.6 Å². The number of halogens is 3. The molecule has 0 aromatic carbocycles. The van der Waals surface area contributed by atoms with Crippen LogP contribution in [0.5, 0.6) is 0 Å². The number of pyridine rings is 2. The molecule has 0 bridgehead atoms. The van der Waals surface area contributed by atoms with Crippen LogP contribution in [0.3, 0.4) is 0 Å². The molecule has 0 saturated carbocycles. The van der Waals surface area contributed by atoms with Gasteiger partial charge in [0.05, 0.1) is 17.6 Å². The van der Waals surface area contributed by atoms with Crippen LogP contribution in [0.1, 0.15) is 17.1 Å². The van der Waals surface area contributed by atoms with Gasteiger partial charge in [0.2, 0.25) is 5.91 Å². The Morgan fingerprint density at radius 2 is 1.82 bits per heavy atom. The SMILES string of the molecule is Cc1nn(CC(=O)Nc2ccc(-c3cnccn3)cn2)c(C)c1-c1ccnc(C(F)(F)F)c1. The molecule has 168 valence electrons. The fraction of sp³-hybridized carbons (Fsp3) is 0.182. The molecular formula is C22H18F3N7O. The zero-order valence-electron chi connectivity index (χ0n) is 17.6. The summed E-state index contributed by atoms with van der Waals surface area (Å²) in [6.07, 6.45) is 2.88. The molecule has 0 aliphatic rings. The molecular weight excluding hydrogens is 435 g/mol. The summed E-state index contributed by atoms with van der Waals surface area (Å²) in [7, 11) is 0. The maximum absolute atomic E-state index is 13.0. The summed E-state index contributed by atoms with van der Waals surface area (Å²) < 4.78 is 40.6. The lowest BCUT2D eigenvalue weighted by molar-refractivity contribution is -0.141. The van der Waals surface area contributed by atoms with Crippen LogP contribution in [-0.2, 0) is 17.5 Å². The highest BCUT2D eigenvalue weighted by atomic mass is 19.4. The predicted molar refractivity (Wildman–Crippen MR) is 114 cm³/mol. The van der Waals surface area contributed by atoms with Crippen LogP contribution in [0.15, 0.2) is 55.2 Å². The minimum Gasteiger partial charge on any atom is -0.309 e. The minimum atomic E-state index is -4.55. The number of nitrogens with one attached hydrogen (secondary N) is 1. The van der Waals surface area contributed by atoms with Gasteiger partial charge in [-0.1, -0.05) is 0 Å². The van der Waals surface area contributed by atoms with E-state index in [4.69, 9.17) is 0 Å². The van der Waals surface area contributed by atoms with E-state index in [1.165, 1.54) is 10.7 Å². The predicted octanol–water partition coefficient (Wildman–Crippen LogP) is 4.07. The third-order valence-electron chi connectivity index (χ3n) is 4.90. The van der Waals surface area contributed by atoms with Crippen LogP contribution < -0.4 is 5.32 Å². The van der Waals surface area contributed by atoms with Gasteiger partial charge in [0, 0.05) is 41.6 Å². The van der Waals surface area contributed by atoms with Crippen LogP contribution in [-0.4, -0.2) is 35.6 Å². The van der Waals surface area contributed by atoms with Crippen molar-refractivity contribution in [3.8, 4) is 22.4 Å². The summed E-state index contributed by atoms with van der Waals surface area (Å²) in [5.74, 6) is -0.0315. The Kier molecular flexibility index (Phi) is 5.86. The van der Waals surface area contributed by atoms with Crippen molar-refractivity contribution in [3.63, 3.8) is 0 Å². The van der Waals surface area contributed by atoms with E-state index in [9.17, 15) is 18.0 Å². The van der Waals surface area contributed by atoms with Crippen molar-refractivity contribution < 1.29 is 18.0 Å². The van der Waals surface area contributed by atoms with Gasteiger partial charge in [-0.3, -0.25) is 24.4 Å². The number of aryl methyl sites for hydroxylation is 1. The van der Waals surface area contributed by atoms with Gasteiger partial charge in [-0.25, -0.2) is 4.98 Å². The normalized spacial score (nSPS) is 11.4. The number of hydrogen-bond acceptors (Lipinski definition) is 6. The third-order valence-corrected chi connectivity index (χ3v) is 4.90. The molecule has 4 rings (SSSR count). The van der Waals surface area contributed by atoms with Crippen molar-refractivity contribution in [1.82, 2.24) is 29.7 Å². The molecule has 1 amide bonds. The number of alkyl halides is 3. The molecule has 1 N–H and O–H groups in total. The molecule has 0 aliphatic heterocycles. The van der Waals surface area contributed by atoms with E-state index in [1.54, 1.807) is 50.8 Å². The molecule has 33 heavy (non-hydrogen) atoms. The minimum absolute atomic E-state index is 0.128. The Balaban J connectivity index is 1.49. The first-order valence-electron chi connectivity index (χ1n) is 9.82.